The molecule has 1 rings (SSSR count). The Hall–Kier alpha value is -2.46. The number of ether oxygens (including phenoxy) is 1. The SMILES string of the molecule is CC(C)(C)NC(=O)C(c1ccccc1O)N(CCO)C(=O)C(CS)NC(=O)OC(C)(C)C. The number of hydrogen-bond acceptors (Lipinski definition) is 7. The van der Waals surface area contributed by atoms with Crippen molar-refractivity contribution in [1.82, 2.24) is 15.5 Å². The molecule has 2 unspecified atom stereocenters. The van der Waals surface area contributed by atoms with E-state index in [-0.39, 0.29) is 23.6 Å². The Labute approximate surface area is 194 Å². The number of benzene rings is 1. The van der Waals surface area contributed by atoms with Crippen molar-refractivity contribution in [3.05, 3.63) is 29.8 Å². The lowest BCUT2D eigenvalue weighted by atomic mass is 10.00. The highest BCUT2D eigenvalue weighted by Gasteiger charge is 2.37. The number of aliphatic hydroxyl groups is 1. The molecule has 0 aliphatic heterocycles. The van der Waals surface area contributed by atoms with Crippen LogP contribution in [0.15, 0.2) is 24.3 Å². The Bertz CT molecular complexity index is 804. The van der Waals surface area contributed by atoms with Crippen LogP contribution in [0.4, 0.5) is 4.79 Å². The maximum atomic E-state index is 13.4. The highest BCUT2D eigenvalue weighted by atomic mass is 32.1. The third-order valence-electron chi connectivity index (χ3n) is 4.09. The molecule has 0 saturated carbocycles. The third kappa shape index (κ3) is 8.58. The van der Waals surface area contributed by atoms with Crippen LogP contribution >= 0.6 is 12.6 Å². The summed E-state index contributed by atoms with van der Waals surface area (Å²) < 4.78 is 5.21. The maximum Gasteiger partial charge on any atom is 0.408 e. The Morgan fingerprint density at radius 2 is 1.72 bits per heavy atom. The molecule has 180 valence electrons. The highest BCUT2D eigenvalue weighted by Crippen LogP contribution is 2.30. The van der Waals surface area contributed by atoms with Gasteiger partial charge in [0, 0.05) is 23.4 Å². The lowest BCUT2D eigenvalue weighted by Crippen LogP contribution is -2.55. The van der Waals surface area contributed by atoms with Crippen LogP contribution < -0.4 is 10.6 Å². The quantitative estimate of drug-likeness (QED) is 0.371. The minimum atomic E-state index is -1.25. The Kier molecular flexibility index (Phi) is 9.84. The van der Waals surface area contributed by atoms with Gasteiger partial charge < -0.3 is 30.5 Å². The monoisotopic (exact) mass is 469 g/mol. The van der Waals surface area contributed by atoms with Crippen LogP contribution in [0.1, 0.15) is 53.1 Å². The third-order valence-corrected chi connectivity index (χ3v) is 4.45. The van der Waals surface area contributed by atoms with Gasteiger partial charge in [-0.25, -0.2) is 4.79 Å². The summed E-state index contributed by atoms with van der Waals surface area (Å²) in [5, 5.41) is 25.3. The van der Waals surface area contributed by atoms with E-state index in [2.05, 4.69) is 23.3 Å². The molecule has 32 heavy (non-hydrogen) atoms. The molecular formula is C22H35N3O6S. The Morgan fingerprint density at radius 1 is 1.12 bits per heavy atom. The normalized spacial score (nSPS) is 13.6. The van der Waals surface area contributed by atoms with E-state index >= 15 is 0 Å². The Morgan fingerprint density at radius 3 is 2.19 bits per heavy atom. The number of aliphatic hydroxyl groups excluding tert-OH is 1. The number of amides is 3. The first-order valence-electron chi connectivity index (χ1n) is 10.3. The average molecular weight is 470 g/mol. The molecule has 4 N–H and O–H groups in total. The number of phenolic OH excluding ortho intramolecular Hbond substituents is 1. The summed E-state index contributed by atoms with van der Waals surface area (Å²) >= 11 is 4.17. The largest absolute Gasteiger partial charge is 0.508 e. The first-order chi connectivity index (χ1) is 14.7. The van der Waals surface area contributed by atoms with Gasteiger partial charge in [-0.15, -0.1) is 0 Å². The number of carbonyl (C=O) groups is 3. The van der Waals surface area contributed by atoms with Crippen molar-refractivity contribution in [1.29, 1.82) is 0 Å². The molecule has 0 bridgehead atoms. The van der Waals surface area contributed by atoms with Crippen molar-refractivity contribution in [2.75, 3.05) is 18.9 Å². The molecule has 0 fully saturated rings. The lowest BCUT2D eigenvalue weighted by Gasteiger charge is -2.35. The second-order valence-corrected chi connectivity index (χ2v) is 9.70. The summed E-state index contributed by atoms with van der Waals surface area (Å²) in [5.74, 6) is -1.46. The van der Waals surface area contributed by atoms with Crippen molar-refractivity contribution in [3.63, 3.8) is 0 Å². The van der Waals surface area contributed by atoms with Crippen LogP contribution in [0.5, 0.6) is 5.75 Å². The van der Waals surface area contributed by atoms with E-state index in [1.54, 1.807) is 53.7 Å². The van der Waals surface area contributed by atoms with Gasteiger partial charge in [0.25, 0.3) is 0 Å². The average Bonchev–Trinajstić information content (AvgIpc) is 2.63. The van der Waals surface area contributed by atoms with Gasteiger partial charge in [-0.2, -0.15) is 12.6 Å². The van der Waals surface area contributed by atoms with Crippen LogP contribution in [0.25, 0.3) is 0 Å². The van der Waals surface area contributed by atoms with Crippen LogP contribution in [0, 0.1) is 0 Å². The van der Waals surface area contributed by atoms with E-state index in [4.69, 9.17) is 4.74 Å². The number of phenols is 1. The van der Waals surface area contributed by atoms with Gasteiger partial charge in [0.2, 0.25) is 11.8 Å². The summed E-state index contributed by atoms with van der Waals surface area (Å²) in [6.45, 7) is 9.76. The first-order valence-corrected chi connectivity index (χ1v) is 10.9. The Balaban J connectivity index is 3.37. The number of rotatable bonds is 8. The van der Waals surface area contributed by atoms with Crippen molar-refractivity contribution < 1.29 is 29.3 Å². The summed E-state index contributed by atoms with van der Waals surface area (Å²) in [4.78, 5) is 40.0. The number of hydrogen-bond donors (Lipinski definition) is 5. The number of nitrogens with one attached hydrogen (secondary N) is 2. The van der Waals surface area contributed by atoms with Gasteiger partial charge in [0.15, 0.2) is 0 Å². The molecule has 0 aromatic heterocycles. The van der Waals surface area contributed by atoms with Crippen LogP contribution in [-0.4, -0.2) is 69.1 Å². The van der Waals surface area contributed by atoms with Crippen LogP contribution in [0.3, 0.4) is 0 Å². The summed E-state index contributed by atoms with van der Waals surface area (Å²) in [6, 6.07) is 3.77. The second-order valence-electron chi connectivity index (χ2n) is 9.34. The van der Waals surface area contributed by atoms with Gasteiger partial charge in [-0.1, -0.05) is 18.2 Å². The molecule has 1 aromatic rings. The number of alkyl carbamates (subject to hydrolysis) is 1. The van der Waals surface area contributed by atoms with Gasteiger partial charge >= 0.3 is 6.09 Å². The number of carbonyl (C=O) groups excluding carboxylic acids is 3. The predicted octanol–water partition coefficient (Wildman–Crippen LogP) is 1.99. The van der Waals surface area contributed by atoms with Crippen molar-refractivity contribution in [3.8, 4) is 5.75 Å². The van der Waals surface area contributed by atoms with E-state index in [9.17, 15) is 24.6 Å². The molecule has 9 nitrogen and oxygen atoms in total. The van der Waals surface area contributed by atoms with Gasteiger partial charge in [-0.3, -0.25) is 9.59 Å². The fourth-order valence-electron chi connectivity index (χ4n) is 2.92. The van der Waals surface area contributed by atoms with Gasteiger partial charge in [0.1, 0.15) is 23.4 Å². The molecule has 1 aromatic carbocycles. The van der Waals surface area contributed by atoms with E-state index in [0.717, 1.165) is 4.90 Å². The molecule has 3 amide bonds. The minimum absolute atomic E-state index is 0.0750. The first kappa shape index (κ1) is 27.6. The molecule has 0 saturated heterocycles. The topological polar surface area (TPSA) is 128 Å². The van der Waals surface area contributed by atoms with E-state index in [1.807, 2.05) is 0 Å². The van der Waals surface area contributed by atoms with Crippen molar-refractivity contribution in [2.24, 2.45) is 0 Å². The highest BCUT2D eigenvalue weighted by molar-refractivity contribution is 7.80. The fraction of sp³-hybridized carbons (Fsp3) is 0.591. The zero-order chi connectivity index (χ0) is 24.7. The number of nitrogens with zero attached hydrogens (tertiary/aromatic N) is 1. The molecule has 0 radical (unpaired) electrons. The van der Waals surface area contributed by atoms with Gasteiger partial charge in [0.05, 0.1) is 6.61 Å². The molecular weight excluding hydrogens is 434 g/mol. The van der Waals surface area contributed by atoms with E-state index in [1.165, 1.54) is 12.1 Å². The lowest BCUT2D eigenvalue weighted by molar-refractivity contribution is -0.143. The molecule has 10 heteroatoms. The standard InChI is InChI=1S/C22H35N3O6S/c1-21(2,3)24-18(28)17(14-9-7-8-10-16(14)27)25(11-12-26)19(29)15(13-32)23-20(30)31-22(4,5)6/h7-10,15,17,26-27,32H,11-13H2,1-6H3,(H,23,30)(H,24,28). The smallest absolute Gasteiger partial charge is 0.408 e. The second kappa shape index (κ2) is 11.4. The number of aromatic hydroxyl groups is 1. The molecule has 0 aliphatic rings. The summed E-state index contributed by atoms with van der Waals surface area (Å²) in [7, 11) is 0. The van der Waals surface area contributed by atoms with Gasteiger partial charge in [-0.05, 0) is 47.6 Å². The zero-order valence-electron chi connectivity index (χ0n) is 19.5. The van der Waals surface area contributed by atoms with Crippen LogP contribution in [0.2, 0.25) is 0 Å². The van der Waals surface area contributed by atoms with Crippen molar-refractivity contribution >= 4 is 30.5 Å². The summed E-state index contributed by atoms with van der Waals surface area (Å²) in [6.07, 6.45) is -0.813. The van der Waals surface area contributed by atoms with Crippen LogP contribution in [-0.2, 0) is 14.3 Å². The fourth-order valence-corrected chi connectivity index (χ4v) is 3.16. The minimum Gasteiger partial charge on any atom is -0.508 e. The predicted molar refractivity (Wildman–Crippen MR) is 125 cm³/mol. The van der Waals surface area contributed by atoms with E-state index < -0.39 is 47.7 Å². The molecule has 2 atom stereocenters. The number of thiol groups is 1. The van der Waals surface area contributed by atoms with Crippen molar-refractivity contribution in [2.45, 2.75) is 64.8 Å². The molecule has 0 spiro atoms. The summed E-state index contributed by atoms with van der Waals surface area (Å²) in [5.41, 5.74) is -1.21. The zero-order valence-corrected chi connectivity index (χ0v) is 20.4. The van der Waals surface area contributed by atoms with E-state index in [0.29, 0.717) is 0 Å². The molecule has 0 aliphatic carbocycles. The molecule has 0 heterocycles. The maximum absolute atomic E-state index is 13.4. The number of para-hydroxylation sites is 1.